The zero-order valence-corrected chi connectivity index (χ0v) is 16.1. The van der Waals surface area contributed by atoms with Crippen molar-refractivity contribution in [3.05, 3.63) is 70.5 Å². The summed E-state index contributed by atoms with van der Waals surface area (Å²) in [5, 5.41) is 13.3. The normalized spacial score (nSPS) is 19.8. The predicted molar refractivity (Wildman–Crippen MR) is 106 cm³/mol. The van der Waals surface area contributed by atoms with Crippen LogP contribution in [0.3, 0.4) is 0 Å². The Labute approximate surface area is 168 Å². The van der Waals surface area contributed by atoms with Crippen LogP contribution in [0.1, 0.15) is 65.9 Å². The van der Waals surface area contributed by atoms with Crippen LogP contribution in [0, 0.1) is 0 Å². The Morgan fingerprint density at radius 3 is 2.50 bits per heavy atom. The molecule has 0 saturated heterocycles. The van der Waals surface area contributed by atoms with Gasteiger partial charge in [-0.1, -0.05) is 49.1 Å². The van der Waals surface area contributed by atoms with Crippen molar-refractivity contribution in [2.75, 3.05) is 4.90 Å². The highest BCUT2D eigenvalue weighted by Crippen LogP contribution is 2.42. The maximum Gasteiger partial charge on any atom is 0.259 e. The third-order valence-electron chi connectivity index (χ3n) is 5.75. The van der Waals surface area contributed by atoms with Gasteiger partial charge in [-0.15, -0.1) is 5.10 Å². The van der Waals surface area contributed by atoms with E-state index in [4.69, 9.17) is 11.6 Å². The van der Waals surface area contributed by atoms with E-state index < -0.39 is 0 Å². The lowest BCUT2D eigenvalue weighted by molar-refractivity contribution is 0.0992. The molecule has 1 aliphatic heterocycles. The molecule has 1 fully saturated rings. The first kappa shape index (κ1) is 17.4. The van der Waals surface area contributed by atoms with Crippen molar-refractivity contribution < 1.29 is 4.79 Å². The lowest BCUT2D eigenvalue weighted by atomic mass is 9.95. The minimum Gasteiger partial charge on any atom is -0.293 e. The highest BCUT2D eigenvalue weighted by Gasteiger charge is 2.42. The van der Waals surface area contributed by atoms with Crippen LogP contribution < -0.4 is 4.90 Å². The fourth-order valence-electron chi connectivity index (χ4n) is 4.41. The van der Waals surface area contributed by atoms with Crippen LogP contribution in [-0.2, 0) is 0 Å². The average molecular weight is 394 g/mol. The molecule has 1 amide bonds. The fourth-order valence-corrected chi connectivity index (χ4v) is 4.53. The maximum atomic E-state index is 13.3. The number of fused-ring (bicyclic) bond motifs is 1. The molecule has 1 atom stereocenters. The van der Waals surface area contributed by atoms with Crippen molar-refractivity contribution in [2.45, 2.75) is 44.2 Å². The number of benzene rings is 2. The lowest BCUT2D eigenvalue weighted by Gasteiger charge is -2.28. The highest BCUT2D eigenvalue weighted by atomic mass is 35.5. The molecular weight excluding hydrogens is 374 g/mol. The summed E-state index contributed by atoms with van der Waals surface area (Å²) in [6.07, 6.45) is 5.77. The number of hydrogen-bond acceptors (Lipinski definition) is 4. The molecule has 6 nitrogen and oxygen atoms in total. The lowest BCUT2D eigenvalue weighted by Crippen LogP contribution is -2.31. The van der Waals surface area contributed by atoms with Crippen molar-refractivity contribution in [1.29, 1.82) is 0 Å². The Kier molecular flexibility index (Phi) is 4.36. The van der Waals surface area contributed by atoms with Crippen molar-refractivity contribution >= 4 is 23.2 Å². The van der Waals surface area contributed by atoms with Crippen molar-refractivity contribution in [3.8, 4) is 0 Å². The van der Waals surface area contributed by atoms with E-state index >= 15 is 0 Å². The van der Waals surface area contributed by atoms with Gasteiger partial charge in [0, 0.05) is 16.3 Å². The molecular formula is C21H20ClN5O. The molecule has 1 unspecified atom stereocenters. The van der Waals surface area contributed by atoms with Crippen LogP contribution in [-0.4, -0.2) is 26.1 Å². The largest absolute Gasteiger partial charge is 0.293 e. The second kappa shape index (κ2) is 7.02. The van der Waals surface area contributed by atoms with Crippen LogP contribution in [0.15, 0.2) is 48.5 Å². The quantitative estimate of drug-likeness (QED) is 0.653. The van der Waals surface area contributed by atoms with Crippen molar-refractivity contribution in [3.63, 3.8) is 0 Å². The summed E-state index contributed by atoms with van der Waals surface area (Å²) in [6.45, 7) is 0. The van der Waals surface area contributed by atoms with E-state index in [1.54, 1.807) is 17.0 Å². The molecule has 3 aromatic rings. The number of carbonyl (C=O) groups excluding carboxylic acids is 1. The van der Waals surface area contributed by atoms with Gasteiger partial charge in [0.25, 0.3) is 5.91 Å². The predicted octanol–water partition coefficient (Wildman–Crippen LogP) is 4.58. The number of aromatic nitrogens is 4. The minimum absolute atomic E-state index is 0.0406. The Bertz CT molecular complexity index is 1010. The van der Waals surface area contributed by atoms with Gasteiger partial charge in [0.15, 0.2) is 5.82 Å². The molecule has 1 aliphatic carbocycles. The first-order valence-electron chi connectivity index (χ1n) is 9.70. The van der Waals surface area contributed by atoms with E-state index in [0.717, 1.165) is 29.9 Å². The van der Waals surface area contributed by atoms with Gasteiger partial charge in [-0.05, 0) is 59.2 Å². The Hall–Kier alpha value is -2.73. The van der Waals surface area contributed by atoms with Gasteiger partial charge in [-0.2, -0.15) is 0 Å². The Balaban J connectivity index is 1.64. The monoisotopic (exact) mass is 393 g/mol. The molecule has 142 valence electrons. The number of nitrogens with zero attached hydrogens (tertiary/aromatic N) is 5. The molecule has 2 aromatic carbocycles. The zero-order chi connectivity index (χ0) is 19.1. The highest BCUT2D eigenvalue weighted by molar-refractivity contribution is 6.30. The first-order valence-corrected chi connectivity index (χ1v) is 10.1. The standard InChI is InChI=1S/C21H20ClN5O/c22-14-10-12-15(13-11-14)26-19(17-8-4-5-9-18(17)21(26)28)20-23-24-25-27(20)16-6-2-1-3-7-16/h4-5,8-13,16,19H,1-3,6-7H2. The molecule has 0 radical (unpaired) electrons. The van der Waals surface area contributed by atoms with Gasteiger partial charge in [0.05, 0.1) is 6.04 Å². The van der Waals surface area contributed by atoms with E-state index in [0.29, 0.717) is 10.6 Å². The third-order valence-corrected chi connectivity index (χ3v) is 6.00. The summed E-state index contributed by atoms with van der Waals surface area (Å²) in [5.74, 6) is 0.682. The van der Waals surface area contributed by atoms with Gasteiger partial charge in [-0.3, -0.25) is 9.69 Å². The van der Waals surface area contributed by atoms with Crippen molar-refractivity contribution in [2.24, 2.45) is 0 Å². The summed E-state index contributed by atoms with van der Waals surface area (Å²) in [5.41, 5.74) is 2.42. The second-order valence-electron chi connectivity index (χ2n) is 7.41. The molecule has 28 heavy (non-hydrogen) atoms. The topological polar surface area (TPSA) is 63.9 Å². The summed E-state index contributed by atoms with van der Waals surface area (Å²) < 4.78 is 1.95. The summed E-state index contributed by atoms with van der Waals surface area (Å²) in [7, 11) is 0. The van der Waals surface area contributed by atoms with Gasteiger partial charge in [0.2, 0.25) is 0 Å². The number of rotatable bonds is 3. The van der Waals surface area contributed by atoms with E-state index in [-0.39, 0.29) is 18.0 Å². The van der Waals surface area contributed by atoms with Crippen LogP contribution in [0.25, 0.3) is 0 Å². The summed E-state index contributed by atoms with van der Waals surface area (Å²) >= 11 is 6.07. The van der Waals surface area contributed by atoms with Gasteiger partial charge >= 0.3 is 0 Å². The van der Waals surface area contributed by atoms with Gasteiger partial charge in [0.1, 0.15) is 6.04 Å². The van der Waals surface area contributed by atoms with Crippen molar-refractivity contribution in [1.82, 2.24) is 20.2 Å². The smallest absolute Gasteiger partial charge is 0.259 e. The average Bonchev–Trinajstić information content (AvgIpc) is 3.32. The first-order chi connectivity index (χ1) is 13.7. The van der Waals surface area contributed by atoms with Crippen LogP contribution in [0.4, 0.5) is 5.69 Å². The molecule has 1 saturated carbocycles. The van der Waals surface area contributed by atoms with E-state index in [2.05, 4.69) is 15.5 Å². The number of amides is 1. The van der Waals surface area contributed by atoms with E-state index in [1.165, 1.54) is 19.3 Å². The van der Waals surface area contributed by atoms with E-state index in [9.17, 15) is 4.79 Å². The summed E-state index contributed by atoms with van der Waals surface area (Å²) in [4.78, 5) is 15.1. The number of halogens is 1. The number of anilines is 1. The zero-order valence-electron chi connectivity index (χ0n) is 15.3. The third kappa shape index (κ3) is 2.79. The molecule has 2 heterocycles. The van der Waals surface area contributed by atoms with Gasteiger partial charge < -0.3 is 0 Å². The Morgan fingerprint density at radius 2 is 1.71 bits per heavy atom. The SMILES string of the molecule is O=C1c2ccccc2C(c2nnnn2C2CCCCC2)N1c1ccc(Cl)cc1. The fraction of sp³-hybridized carbons (Fsp3) is 0.333. The van der Waals surface area contributed by atoms with Crippen LogP contribution in [0.5, 0.6) is 0 Å². The van der Waals surface area contributed by atoms with Gasteiger partial charge in [-0.25, -0.2) is 4.68 Å². The molecule has 0 N–H and O–H groups in total. The van der Waals surface area contributed by atoms with E-state index in [1.807, 2.05) is 41.1 Å². The Morgan fingerprint density at radius 1 is 0.964 bits per heavy atom. The molecule has 1 aromatic heterocycles. The summed E-state index contributed by atoms with van der Waals surface area (Å²) in [6, 6.07) is 15.0. The molecule has 5 rings (SSSR count). The maximum absolute atomic E-state index is 13.3. The molecule has 0 bridgehead atoms. The molecule has 2 aliphatic rings. The number of tetrazole rings is 1. The minimum atomic E-state index is -0.346. The van der Waals surface area contributed by atoms with Crippen LogP contribution in [0.2, 0.25) is 5.02 Å². The number of carbonyl (C=O) groups is 1. The second-order valence-corrected chi connectivity index (χ2v) is 7.85. The molecule has 7 heteroatoms. The molecule has 0 spiro atoms. The van der Waals surface area contributed by atoms with Crippen LogP contribution >= 0.6 is 11.6 Å². The number of hydrogen-bond donors (Lipinski definition) is 0.